The summed E-state index contributed by atoms with van der Waals surface area (Å²) in [6.45, 7) is 14.2. The topological polar surface area (TPSA) is 31.5 Å². The van der Waals surface area contributed by atoms with Gasteiger partial charge in [0.25, 0.3) is 0 Å². The Kier molecular flexibility index (Phi) is 6.99. The molecule has 1 heteroatoms. The Labute approximate surface area is 223 Å². The van der Waals surface area contributed by atoms with Crippen LogP contribution < -0.4 is 0 Å². The lowest BCUT2D eigenvalue weighted by Crippen LogP contribution is -2.23. The highest BCUT2D eigenvalue weighted by Crippen LogP contribution is 2.53. The molecule has 192 valence electrons. The molecule has 0 fully saturated rings. The van der Waals surface area contributed by atoms with Crippen molar-refractivity contribution in [1.29, 1.82) is 0 Å². The highest BCUT2D eigenvalue weighted by molar-refractivity contribution is 5.52. The lowest BCUT2D eigenvalue weighted by atomic mass is 9.75. The average Bonchev–Trinajstić information content (AvgIpc) is 3.25. The number of hydrogen-bond acceptors (Lipinski definition) is 0. The predicted molar refractivity (Wildman–Crippen MR) is 158 cm³/mol. The van der Waals surface area contributed by atoms with E-state index in [-0.39, 0.29) is 27.1 Å². The Bertz CT molecular complexity index is 1240. The summed E-state index contributed by atoms with van der Waals surface area (Å²) in [6, 6.07) is 39.7. The van der Waals surface area contributed by atoms with Crippen LogP contribution in [0.5, 0.6) is 0 Å². The SMILES string of the molecule is CC1(C)CC(C)(c2ccccc2)c2ccccc21.CC1(C)CC(C)(c2ccccc2)c2ccccc21.O. The second kappa shape index (κ2) is 9.62. The van der Waals surface area contributed by atoms with Gasteiger partial charge in [-0.3, -0.25) is 0 Å². The largest absolute Gasteiger partial charge is 0.412 e. The fraction of sp³-hybridized carbons (Fsp3) is 0.333. The van der Waals surface area contributed by atoms with E-state index in [1.165, 1.54) is 46.2 Å². The molecule has 0 aromatic heterocycles. The van der Waals surface area contributed by atoms with E-state index in [0.717, 1.165) is 0 Å². The van der Waals surface area contributed by atoms with Crippen molar-refractivity contribution in [3.05, 3.63) is 143 Å². The van der Waals surface area contributed by atoms with E-state index in [1.54, 1.807) is 0 Å². The fourth-order valence-electron chi connectivity index (χ4n) is 7.38. The molecule has 0 amide bonds. The van der Waals surface area contributed by atoms with Gasteiger partial charge >= 0.3 is 0 Å². The van der Waals surface area contributed by atoms with Gasteiger partial charge in [-0.25, -0.2) is 0 Å². The Morgan fingerprint density at radius 2 is 0.649 bits per heavy atom. The van der Waals surface area contributed by atoms with Crippen LogP contribution in [-0.2, 0) is 21.7 Å². The van der Waals surface area contributed by atoms with Gasteiger partial charge in [0.15, 0.2) is 0 Å². The van der Waals surface area contributed by atoms with Crippen LogP contribution in [0.3, 0.4) is 0 Å². The first kappa shape index (κ1) is 26.9. The molecule has 0 saturated carbocycles. The summed E-state index contributed by atoms with van der Waals surface area (Å²) in [6.07, 6.45) is 2.37. The first-order valence-electron chi connectivity index (χ1n) is 13.4. The molecule has 0 radical (unpaired) electrons. The molecule has 0 heterocycles. The summed E-state index contributed by atoms with van der Waals surface area (Å²) in [4.78, 5) is 0. The maximum atomic E-state index is 2.38. The van der Waals surface area contributed by atoms with E-state index in [2.05, 4.69) is 151 Å². The second-order valence-electron chi connectivity index (χ2n) is 12.6. The lowest BCUT2D eigenvalue weighted by Gasteiger charge is -2.28. The molecule has 2 N–H and O–H groups in total. The molecular formula is C36H42O. The molecule has 6 rings (SSSR count). The van der Waals surface area contributed by atoms with Crippen molar-refractivity contribution in [1.82, 2.24) is 0 Å². The van der Waals surface area contributed by atoms with E-state index in [1.807, 2.05) is 0 Å². The maximum Gasteiger partial charge on any atom is 0.0185 e. The molecule has 0 aliphatic heterocycles. The molecule has 0 bridgehead atoms. The average molecular weight is 491 g/mol. The van der Waals surface area contributed by atoms with Crippen molar-refractivity contribution < 1.29 is 5.48 Å². The number of rotatable bonds is 2. The molecule has 37 heavy (non-hydrogen) atoms. The van der Waals surface area contributed by atoms with Gasteiger partial charge in [0, 0.05) is 10.8 Å². The summed E-state index contributed by atoms with van der Waals surface area (Å²) in [5.74, 6) is 0. The van der Waals surface area contributed by atoms with Crippen LogP contribution in [0, 0.1) is 0 Å². The van der Waals surface area contributed by atoms with Gasteiger partial charge in [0.05, 0.1) is 0 Å². The lowest BCUT2D eigenvalue weighted by molar-refractivity contribution is 0.425. The molecule has 1 nitrogen and oxygen atoms in total. The molecule has 0 saturated heterocycles. The second-order valence-corrected chi connectivity index (χ2v) is 12.6. The Hall–Kier alpha value is -3.16. The van der Waals surface area contributed by atoms with Crippen LogP contribution in [-0.4, -0.2) is 5.48 Å². The van der Waals surface area contributed by atoms with Crippen molar-refractivity contribution in [2.75, 3.05) is 0 Å². The number of benzene rings is 4. The van der Waals surface area contributed by atoms with Crippen molar-refractivity contribution in [3.8, 4) is 0 Å². The zero-order valence-corrected chi connectivity index (χ0v) is 23.3. The molecule has 4 aromatic carbocycles. The summed E-state index contributed by atoms with van der Waals surface area (Å²) in [7, 11) is 0. The molecule has 2 unspecified atom stereocenters. The maximum absolute atomic E-state index is 2.38. The van der Waals surface area contributed by atoms with Crippen molar-refractivity contribution >= 4 is 0 Å². The minimum Gasteiger partial charge on any atom is -0.412 e. The molecular weight excluding hydrogens is 448 g/mol. The van der Waals surface area contributed by atoms with Crippen molar-refractivity contribution in [2.45, 2.75) is 76.0 Å². The van der Waals surface area contributed by atoms with Crippen molar-refractivity contribution in [2.24, 2.45) is 0 Å². The number of hydrogen-bond donors (Lipinski definition) is 0. The van der Waals surface area contributed by atoms with E-state index in [4.69, 9.17) is 0 Å². The van der Waals surface area contributed by atoms with Crippen LogP contribution in [0.15, 0.2) is 109 Å². The predicted octanol–water partition coefficient (Wildman–Crippen LogP) is 8.52. The fourth-order valence-corrected chi connectivity index (χ4v) is 7.38. The molecule has 2 aliphatic carbocycles. The third-order valence-corrected chi connectivity index (χ3v) is 8.91. The summed E-state index contributed by atoms with van der Waals surface area (Å²) < 4.78 is 0. The summed E-state index contributed by atoms with van der Waals surface area (Å²) in [5.41, 5.74) is 9.73. The van der Waals surface area contributed by atoms with E-state index in [0.29, 0.717) is 0 Å². The Morgan fingerprint density at radius 3 is 0.973 bits per heavy atom. The molecule has 2 atom stereocenters. The quantitative estimate of drug-likeness (QED) is 0.270. The van der Waals surface area contributed by atoms with Crippen molar-refractivity contribution in [3.63, 3.8) is 0 Å². The smallest absolute Gasteiger partial charge is 0.0185 e. The Balaban J connectivity index is 0.000000168. The molecule has 0 spiro atoms. The van der Waals surface area contributed by atoms with Crippen LogP contribution >= 0.6 is 0 Å². The number of fused-ring (bicyclic) bond motifs is 2. The van der Waals surface area contributed by atoms with Crippen LogP contribution in [0.1, 0.15) is 87.8 Å². The van der Waals surface area contributed by atoms with Crippen LogP contribution in [0.4, 0.5) is 0 Å². The van der Waals surface area contributed by atoms with Gasteiger partial charge in [-0.15, -0.1) is 0 Å². The van der Waals surface area contributed by atoms with Gasteiger partial charge in [-0.05, 0) is 57.1 Å². The molecule has 2 aliphatic rings. The van der Waals surface area contributed by atoms with Gasteiger partial charge < -0.3 is 5.48 Å². The minimum absolute atomic E-state index is 0. The molecule has 4 aromatic rings. The summed E-state index contributed by atoms with van der Waals surface area (Å²) >= 11 is 0. The van der Waals surface area contributed by atoms with Gasteiger partial charge in [0.1, 0.15) is 0 Å². The van der Waals surface area contributed by atoms with E-state index >= 15 is 0 Å². The highest BCUT2D eigenvalue weighted by atomic mass is 16.0. The zero-order chi connectivity index (χ0) is 25.6. The third kappa shape index (κ3) is 4.55. The zero-order valence-electron chi connectivity index (χ0n) is 23.3. The van der Waals surface area contributed by atoms with Gasteiger partial charge in [0.2, 0.25) is 0 Å². The van der Waals surface area contributed by atoms with Crippen LogP contribution in [0.25, 0.3) is 0 Å². The van der Waals surface area contributed by atoms with Crippen LogP contribution in [0.2, 0.25) is 0 Å². The Morgan fingerprint density at radius 1 is 0.378 bits per heavy atom. The highest BCUT2D eigenvalue weighted by Gasteiger charge is 2.46. The normalized spacial score (nSPS) is 24.2. The van der Waals surface area contributed by atoms with Gasteiger partial charge in [-0.1, -0.05) is 151 Å². The first-order valence-corrected chi connectivity index (χ1v) is 13.4. The van der Waals surface area contributed by atoms with E-state index < -0.39 is 0 Å². The minimum atomic E-state index is 0. The standard InChI is InChI=1S/2C18H20.H2O/c2*1-17(2)13-18(3,14-9-5-4-6-10-14)16-12-8-7-11-15(16)17;/h2*4-12H,13H2,1-3H3;1H2. The monoisotopic (exact) mass is 490 g/mol. The van der Waals surface area contributed by atoms with E-state index in [9.17, 15) is 0 Å². The van der Waals surface area contributed by atoms with Gasteiger partial charge in [-0.2, -0.15) is 0 Å². The third-order valence-electron chi connectivity index (χ3n) is 8.91. The summed E-state index contributed by atoms with van der Waals surface area (Å²) in [5, 5.41) is 0. The first-order chi connectivity index (χ1) is 17.1.